The van der Waals surface area contributed by atoms with Gasteiger partial charge in [-0.15, -0.1) is 11.8 Å². The summed E-state index contributed by atoms with van der Waals surface area (Å²) >= 11 is 1.76. The van der Waals surface area contributed by atoms with E-state index in [1.54, 1.807) is 18.7 Å². The van der Waals surface area contributed by atoms with E-state index in [1.165, 1.54) is 22.3 Å². The van der Waals surface area contributed by atoms with E-state index in [2.05, 4.69) is 53.8 Å². The first-order valence-electron chi connectivity index (χ1n) is 7.96. The van der Waals surface area contributed by atoms with Crippen molar-refractivity contribution >= 4 is 23.6 Å². The lowest BCUT2D eigenvalue weighted by molar-refractivity contribution is -0.126. The van der Waals surface area contributed by atoms with Crippen LogP contribution in [0.25, 0.3) is 11.1 Å². The molecule has 0 saturated heterocycles. The minimum absolute atomic E-state index is 0.145. The van der Waals surface area contributed by atoms with Gasteiger partial charge in [0, 0.05) is 12.2 Å². The first-order chi connectivity index (χ1) is 11.6. The van der Waals surface area contributed by atoms with Gasteiger partial charge < -0.3 is 11.1 Å². The third kappa shape index (κ3) is 3.31. The number of benzene rings is 2. The van der Waals surface area contributed by atoms with Gasteiger partial charge in [0.05, 0.1) is 5.25 Å². The summed E-state index contributed by atoms with van der Waals surface area (Å²) in [6, 6.07) is 16.2. The molecule has 3 N–H and O–H groups in total. The van der Waals surface area contributed by atoms with Gasteiger partial charge in [0.2, 0.25) is 11.8 Å². The first kappa shape index (κ1) is 16.6. The quantitative estimate of drug-likeness (QED) is 0.849. The molecule has 1 atom stereocenters. The van der Waals surface area contributed by atoms with Crippen molar-refractivity contribution in [3.63, 3.8) is 0 Å². The largest absolute Gasteiger partial charge is 0.368 e. The lowest BCUT2D eigenvalue weighted by atomic mass is 10.1. The number of rotatable bonds is 6. The minimum Gasteiger partial charge on any atom is -0.368 e. The van der Waals surface area contributed by atoms with Gasteiger partial charge in [0.15, 0.2) is 0 Å². The molecule has 2 amide bonds. The molecular formula is C19H20N2O2S. The Balaban J connectivity index is 1.66. The number of hydrogen-bond acceptors (Lipinski definition) is 3. The Bertz CT molecular complexity index is 730. The second-order valence-corrected chi connectivity index (χ2v) is 7.08. The van der Waals surface area contributed by atoms with Crippen LogP contribution in [0.3, 0.4) is 0 Å². The summed E-state index contributed by atoms with van der Waals surface area (Å²) in [4.78, 5) is 22.9. The Labute approximate surface area is 145 Å². The van der Waals surface area contributed by atoms with Crippen molar-refractivity contribution in [2.75, 3.05) is 5.75 Å². The summed E-state index contributed by atoms with van der Waals surface area (Å²) in [5.74, 6) is 0.0213. The molecule has 2 aromatic rings. The van der Waals surface area contributed by atoms with Crippen LogP contribution in [-0.2, 0) is 9.59 Å². The van der Waals surface area contributed by atoms with Crippen LogP contribution in [0, 0.1) is 0 Å². The number of amides is 2. The van der Waals surface area contributed by atoms with Gasteiger partial charge >= 0.3 is 0 Å². The standard InChI is InChI=1S/C19H20N2O2S/c1-12(19(20)23)21-17(22)10-11-24-18-15-8-4-2-6-13(15)14-7-3-5-9-16(14)18/h2-9,12,18H,10-11H2,1H3,(H2,20,23)(H,21,22). The number of carbonyl (C=O) groups is 2. The van der Waals surface area contributed by atoms with Crippen molar-refractivity contribution in [3.05, 3.63) is 59.7 Å². The highest BCUT2D eigenvalue weighted by Crippen LogP contribution is 2.49. The van der Waals surface area contributed by atoms with Crippen molar-refractivity contribution in [1.29, 1.82) is 0 Å². The number of primary amides is 1. The SMILES string of the molecule is CC(NC(=O)CCSC1c2ccccc2-c2ccccc21)C(N)=O. The number of nitrogens with two attached hydrogens (primary N) is 1. The van der Waals surface area contributed by atoms with Crippen LogP contribution in [0.4, 0.5) is 0 Å². The lowest BCUT2D eigenvalue weighted by Crippen LogP contribution is -2.42. The van der Waals surface area contributed by atoms with Crippen LogP contribution >= 0.6 is 11.8 Å². The molecule has 2 aromatic carbocycles. The number of thioether (sulfide) groups is 1. The Kier molecular flexibility index (Phi) is 4.90. The zero-order chi connectivity index (χ0) is 17.1. The average molecular weight is 340 g/mol. The van der Waals surface area contributed by atoms with E-state index in [4.69, 9.17) is 5.73 Å². The topological polar surface area (TPSA) is 72.2 Å². The minimum atomic E-state index is -0.629. The third-order valence-electron chi connectivity index (χ3n) is 4.19. The van der Waals surface area contributed by atoms with Crippen LogP contribution in [0.15, 0.2) is 48.5 Å². The first-order valence-corrected chi connectivity index (χ1v) is 9.01. The zero-order valence-electron chi connectivity index (χ0n) is 13.5. The summed E-state index contributed by atoms with van der Waals surface area (Å²) in [6.45, 7) is 1.59. The van der Waals surface area contributed by atoms with Crippen molar-refractivity contribution < 1.29 is 9.59 Å². The van der Waals surface area contributed by atoms with E-state index in [9.17, 15) is 9.59 Å². The molecule has 0 aliphatic heterocycles. The Hall–Kier alpha value is -2.27. The second-order valence-electron chi connectivity index (χ2n) is 5.87. The second kappa shape index (κ2) is 7.09. The van der Waals surface area contributed by atoms with E-state index >= 15 is 0 Å². The number of carbonyl (C=O) groups excluding carboxylic acids is 2. The molecule has 4 nitrogen and oxygen atoms in total. The highest BCUT2D eigenvalue weighted by atomic mass is 32.2. The predicted octanol–water partition coefficient (Wildman–Crippen LogP) is 2.87. The van der Waals surface area contributed by atoms with E-state index < -0.39 is 11.9 Å². The molecule has 0 spiro atoms. The molecule has 3 rings (SSSR count). The molecule has 0 aromatic heterocycles. The highest BCUT2D eigenvalue weighted by Gasteiger charge is 2.28. The fourth-order valence-electron chi connectivity index (χ4n) is 2.94. The van der Waals surface area contributed by atoms with Gasteiger partial charge in [0.25, 0.3) is 0 Å². The maximum Gasteiger partial charge on any atom is 0.239 e. The molecule has 1 aliphatic rings. The Morgan fingerprint density at radius 1 is 1.08 bits per heavy atom. The lowest BCUT2D eigenvalue weighted by Gasteiger charge is -2.14. The smallest absolute Gasteiger partial charge is 0.239 e. The summed E-state index contributed by atoms with van der Waals surface area (Å²) in [6.07, 6.45) is 0.364. The normalized spacial score (nSPS) is 13.9. The molecule has 5 heteroatoms. The van der Waals surface area contributed by atoms with Crippen molar-refractivity contribution in [2.24, 2.45) is 5.73 Å². The molecule has 0 fully saturated rings. The number of hydrogen-bond donors (Lipinski definition) is 2. The molecule has 0 heterocycles. The van der Waals surface area contributed by atoms with Crippen LogP contribution in [0.1, 0.15) is 29.7 Å². The van der Waals surface area contributed by atoms with Crippen molar-refractivity contribution in [2.45, 2.75) is 24.6 Å². The van der Waals surface area contributed by atoms with E-state index in [0.29, 0.717) is 12.2 Å². The molecule has 24 heavy (non-hydrogen) atoms. The Morgan fingerprint density at radius 3 is 2.17 bits per heavy atom. The maximum atomic E-state index is 11.9. The van der Waals surface area contributed by atoms with Crippen LogP contribution in [0.5, 0.6) is 0 Å². The average Bonchev–Trinajstić information content (AvgIpc) is 2.89. The van der Waals surface area contributed by atoms with Crippen molar-refractivity contribution in [3.8, 4) is 11.1 Å². The van der Waals surface area contributed by atoms with E-state index in [1.807, 2.05) is 0 Å². The molecule has 1 aliphatic carbocycles. The third-order valence-corrected chi connectivity index (χ3v) is 5.48. The Morgan fingerprint density at radius 2 is 1.62 bits per heavy atom. The van der Waals surface area contributed by atoms with Crippen LogP contribution < -0.4 is 11.1 Å². The van der Waals surface area contributed by atoms with Gasteiger partial charge in [-0.25, -0.2) is 0 Å². The fraction of sp³-hybridized carbons (Fsp3) is 0.263. The fourth-order valence-corrected chi connectivity index (χ4v) is 4.25. The summed E-state index contributed by atoms with van der Waals surface area (Å²) < 4.78 is 0. The highest BCUT2D eigenvalue weighted by molar-refractivity contribution is 7.99. The molecule has 0 saturated carbocycles. The predicted molar refractivity (Wildman–Crippen MR) is 97.6 cm³/mol. The van der Waals surface area contributed by atoms with Gasteiger partial charge in [-0.1, -0.05) is 48.5 Å². The monoisotopic (exact) mass is 340 g/mol. The zero-order valence-corrected chi connectivity index (χ0v) is 14.3. The summed E-state index contributed by atoms with van der Waals surface area (Å²) in [5, 5.41) is 2.87. The molecule has 124 valence electrons. The molecule has 1 unspecified atom stereocenters. The van der Waals surface area contributed by atoms with Gasteiger partial charge in [-0.3, -0.25) is 9.59 Å². The van der Waals surface area contributed by atoms with Gasteiger partial charge in [-0.2, -0.15) is 0 Å². The molecule has 0 bridgehead atoms. The van der Waals surface area contributed by atoms with Gasteiger partial charge in [0.1, 0.15) is 6.04 Å². The maximum absolute atomic E-state index is 11.9. The number of nitrogens with one attached hydrogen (secondary N) is 1. The van der Waals surface area contributed by atoms with Crippen LogP contribution in [-0.4, -0.2) is 23.6 Å². The van der Waals surface area contributed by atoms with E-state index in [-0.39, 0.29) is 11.2 Å². The number of fused-ring (bicyclic) bond motifs is 3. The summed E-state index contributed by atoms with van der Waals surface area (Å²) in [7, 11) is 0. The molecule has 0 radical (unpaired) electrons. The van der Waals surface area contributed by atoms with Crippen molar-refractivity contribution in [1.82, 2.24) is 5.32 Å². The molecular weight excluding hydrogens is 320 g/mol. The van der Waals surface area contributed by atoms with Gasteiger partial charge in [-0.05, 0) is 29.2 Å². The summed E-state index contributed by atoms with van der Waals surface area (Å²) in [5.41, 5.74) is 10.3. The van der Waals surface area contributed by atoms with Crippen LogP contribution in [0.2, 0.25) is 0 Å². The van der Waals surface area contributed by atoms with E-state index in [0.717, 1.165) is 0 Å².